The molecular formula is C19H25FN6O7. The summed E-state index contributed by atoms with van der Waals surface area (Å²) in [5.74, 6) is -4.83. The molecular weight excluding hydrogens is 443 g/mol. The lowest BCUT2D eigenvalue weighted by atomic mass is 10.1. The molecule has 3 heterocycles. The van der Waals surface area contributed by atoms with E-state index in [9.17, 15) is 38.3 Å². The van der Waals surface area contributed by atoms with Crippen LogP contribution in [0.4, 0.5) is 4.39 Å². The van der Waals surface area contributed by atoms with E-state index in [2.05, 4.69) is 10.6 Å². The second kappa shape index (κ2) is 9.94. The maximum absolute atomic E-state index is 13.5. The van der Waals surface area contributed by atoms with E-state index >= 15 is 0 Å². The average Bonchev–Trinajstić information content (AvgIpc) is 3.46. The fourth-order valence-electron chi connectivity index (χ4n) is 3.94. The van der Waals surface area contributed by atoms with Gasteiger partial charge in [0.2, 0.25) is 29.7 Å². The number of hydrogen-bond acceptors (Lipinski definition) is 7. The molecule has 180 valence electrons. The van der Waals surface area contributed by atoms with E-state index in [0.29, 0.717) is 36.6 Å². The Morgan fingerprint density at radius 1 is 1.18 bits per heavy atom. The zero-order chi connectivity index (χ0) is 24.3. The molecule has 0 radical (unpaired) electrons. The Bertz CT molecular complexity index is 1060. The van der Waals surface area contributed by atoms with Crippen molar-refractivity contribution < 1.29 is 28.7 Å². The third kappa shape index (κ3) is 5.27. The summed E-state index contributed by atoms with van der Waals surface area (Å²) in [6, 6.07) is -2.34. The van der Waals surface area contributed by atoms with E-state index in [1.807, 2.05) is 5.32 Å². The summed E-state index contributed by atoms with van der Waals surface area (Å²) in [6.07, 6.45) is 0.924. The molecule has 33 heavy (non-hydrogen) atoms. The highest BCUT2D eigenvalue weighted by atomic mass is 19.1. The predicted octanol–water partition coefficient (Wildman–Crippen LogP) is -2.38. The third-order valence-corrected chi connectivity index (χ3v) is 5.66. The molecule has 2 saturated heterocycles. The first-order valence-electron chi connectivity index (χ1n) is 10.5. The number of carbonyl (C=O) groups is 4. The van der Waals surface area contributed by atoms with Crippen LogP contribution in [0, 0.1) is 5.82 Å². The maximum atomic E-state index is 13.5. The number of hydrogen-bond donors (Lipinski definition) is 5. The summed E-state index contributed by atoms with van der Waals surface area (Å²) in [7, 11) is 0. The van der Waals surface area contributed by atoms with Gasteiger partial charge in [-0.2, -0.15) is 4.39 Å². The van der Waals surface area contributed by atoms with Crippen LogP contribution in [0.1, 0.15) is 38.8 Å². The Balaban J connectivity index is 1.66. The lowest BCUT2D eigenvalue weighted by Crippen LogP contribution is -2.55. The van der Waals surface area contributed by atoms with Crippen molar-refractivity contribution in [2.75, 3.05) is 13.1 Å². The van der Waals surface area contributed by atoms with Crippen LogP contribution in [0.3, 0.4) is 0 Å². The monoisotopic (exact) mass is 468 g/mol. The molecule has 3 unspecified atom stereocenters. The lowest BCUT2D eigenvalue weighted by molar-refractivity contribution is -0.145. The molecule has 0 spiro atoms. The van der Waals surface area contributed by atoms with Crippen molar-refractivity contribution in [1.29, 1.82) is 0 Å². The number of aliphatic carboxylic acids is 1. The van der Waals surface area contributed by atoms with Gasteiger partial charge in [-0.05, 0) is 39.2 Å². The van der Waals surface area contributed by atoms with Crippen molar-refractivity contribution >= 4 is 23.7 Å². The molecule has 2 aliphatic rings. The first-order valence-corrected chi connectivity index (χ1v) is 10.5. The molecule has 2 fully saturated rings. The standard InChI is InChI=1S/C19H25FN6O7/c1-9(14(27)23-13(18(31)32)26-8-10(20)15(28)24-19(26)33)22-16(29)12-5-3-7-25(12)17(30)11-4-2-6-21-11/h8-9,11-13,21H,2-7H2,1H3,(H,22,29)(H,23,27)(H,31,32)(H,24,28,33)/t9-,11?,12?,13?/m0/s1. The van der Waals surface area contributed by atoms with Crippen molar-refractivity contribution in [2.45, 2.75) is 56.9 Å². The van der Waals surface area contributed by atoms with Gasteiger partial charge in [-0.15, -0.1) is 0 Å². The molecule has 1 aromatic rings. The summed E-state index contributed by atoms with van der Waals surface area (Å²) in [5, 5.41) is 16.9. The van der Waals surface area contributed by atoms with Crippen molar-refractivity contribution in [2.24, 2.45) is 0 Å². The quantitative estimate of drug-likeness (QED) is 0.294. The van der Waals surface area contributed by atoms with Gasteiger partial charge in [0.25, 0.3) is 5.56 Å². The summed E-state index contributed by atoms with van der Waals surface area (Å²) in [5.41, 5.74) is -2.58. The van der Waals surface area contributed by atoms with Gasteiger partial charge in [0.15, 0.2) is 0 Å². The number of likely N-dealkylation sites (tertiary alicyclic amines) is 1. The molecule has 14 heteroatoms. The molecule has 13 nitrogen and oxygen atoms in total. The van der Waals surface area contributed by atoms with Gasteiger partial charge in [0, 0.05) is 6.54 Å². The number of nitrogens with zero attached hydrogens (tertiary/aromatic N) is 2. The molecule has 5 N–H and O–H groups in total. The molecule has 1 aromatic heterocycles. The number of rotatable bonds is 7. The van der Waals surface area contributed by atoms with Gasteiger partial charge in [0.05, 0.1) is 12.2 Å². The van der Waals surface area contributed by atoms with Crippen LogP contribution < -0.4 is 27.2 Å². The number of halogens is 1. The second-order valence-corrected chi connectivity index (χ2v) is 7.96. The Hall–Kier alpha value is -3.55. The number of aromatic nitrogens is 2. The van der Waals surface area contributed by atoms with Gasteiger partial charge in [-0.3, -0.25) is 28.7 Å². The lowest BCUT2D eigenvalue weighted by Gasteiger charge is -2.28. The minimum atomic E-state index is -2.03. The Labute approximate surface area is 186 Å². The zero-order valence-electron chi connectivity index (χ0n) is 17.8. The number of amides is 3. The van der Waals surface area contributed by atoms with Gasteiger partial charge < -0.3 is 26.0 Å². The van der Waals surface area contributed by atoms with Gasteiger partial charge in [-0.1, -0.05) is 0 Å². The largest absolute Gasteiger partial charge is 0.478 e. The summed E-state index contributed by atoms with van der Waals surface area (Å²) in [6.45, 7) is 2.44. The van der Waals surface area contributed by atoms with Gasteiger partial charge in [-0.25, -0.2) is 9.59 Å². The topological polar surface area (TPSA) is 183 Å². The van der Waals surface area contributed by atoms with E-state index in [1.165, 1.54) is 11.8 Å². The Morgan fingerprint density at radius 2 is 1.91 bits per heavy atom. The van der Waals surface area contributed by atoms with E-state index in [1.54, 1.807) is 4.98 Å². The summed E-state index contributed by atoms with van der Waals surface area (Å²) in [4.78, 5) is 75.6. The molecule has 3 amide bonds. The van der Waals surface area contributed by atoms with Crippen LogP contribution in [-0.4, -0.2) is 74.5 Å². The van der Waals surface area contributed by atoms with Crippen LogP contribution in [-0.2, 0) is 19.2 Å². The van der Waals surface area contributed by atoms with E-state index in [4.69, 9.17) is 0 Å². The minimum absolute atomic E-state index is 0.173. The SMILES string of the molecule is C[C@H](NC(=O)C1CCCN1C(=O)C1CCCN1)C(=O)NC(C(=O)O)n1cc(F)c(=O)[nH]c1=O. The highest BCUT2D eigenvalue weighted by Gasteiger charge is 2.38. The maximum Gasteiger partial charge on any atom is 0.347 e. The van der Waals surface area contributed by atoms with E-state index in [0.717, 1.165) is 13.0 Å². The average molecular weight is 468 g/mol. The summed E-state index contributed by atoms with van der Waals surface area (Å²) >= 11 is 0. The normalized spacial score (nSPS) is 21.9. The fourth-order valence-corrected chi connectivity index (χ4v) is 3.94. The van der Waals surface area contributed by atoms with Crippen LogP contribution >= 0.6 is 0 Å². The number of carbonyl (C=O) groups excluding carboxylic acids is 3. The number of carboxylic acids is 1. The fraction of sp³-hybridized carbons (Fsp3) is 0.579. The third-order valence-electron chi connectivity index (χ3n) is 5.66. The van der Waals surface area contributed by atoms with Crippen LogP contribution in [0.5, 0.6) is 0 Å². The van der Waals surface area contributed by atoms with Gasteiger partial charge >= 0.3 is 11.7 Å². The number of nitrogens with one attached hydrogen (secondary N) is 4. The van der Waals surface area contributed by atoms with Crippen molar-refractivity contribution in [1.82, 2.24) is 30.4 Å². The van der Waals surface area contributed by atoms with Crippen LogP contribution in [0.15, 0.2) is 15.8 Å². The number of H-pyrrole nitrogens is 1. The zero-order valence-corrected chi connectivity index (χ0v) is 17.8. The number of carboxylic acid groups (broad SMARTS) is 1. The molecule has 3 rings (SSSR count). The molecule has 0 saturated carbocycles. The van der Waals surface area contributed by atoms with Gasteiger partial charge in [0.1, 0.15) is 12.1 Å². The Kier molecular flexibility index (Phi) is 7.26. The molecule has 0 bridgehead atoms. The van der Waals surface area contributed by atoms with Crippen molar-refractivity contribution in [3.05, 3.63) is 32.9 Å². The summed E-state index contributed by atoms with van der Waals surface area (Å²) < 4.78 is 13.8. The first kappa shape index (κ1) is 24.1. The smallest absolute Gasteiger partial charge is 0.347 e. The first-order chi connectivity index (χ1) is 15.6. The van der Waals surface area contributed by atoms with E-state index in [-0.39, 0.29) is 11.9 Å². The van der Waals surface area contributed by atoms with E-state index < -0.39 is 53.1 Å². The molecule has 2 aliphatic heterocycles. The second-order valence-electron chi connectivity index (χ2n) is 7.96. The van der Waals surface area contributed by atoms with Crippen LogP contribution in [0.2, 0.25) is 0 Å². The highest BCUT2D eigenvalue weighted by molar-refractivity contribution is 5.94. The molecule has 0 aromatic carbocycles. The molecule has 0 aliphatic carbocycles. The number of aromatic amines is 1. The van der Waals surface area contributed by atoms with Crippen molar-refractivity contribution in [3.8, 4) is 0 Å². The van der Waals surface area contributed by atoms with Crippen molar-refractivity contribution in [3.63, 3.8) is 0 Å². The van der Waals surface area contributed by atoms with Crippen LogP contribution in [0.25, 0.3) is 0 Å². The Morgan fingerprint density at radius 3 is 2.55 bits per heavy atom. The predicted molar refractivity (Wildman–Crippen MR) is 109 cm³/mol. The highest BCUT2D eigenvalue weighted by Crippen LogP contribution is 2.21. The molecule has 4 atom stereocenters. The minimum Gasteiger partial charge on any atom is -0.478 e.